The minimum atomic E-state index is 0.123. The normalized spacial score (nSPS) is 21.5. The zero-order chi connectivity index (χ0) is 15.8. The summed E-state index contributed by atoms with van der Waals surface area (Å²) < 4.78 is 0. The molecule has 0 aromatic carbocycles. The van der Waals surface area contributed by atoms with E-state index in [1.54, 1.807) is 0 Å². The van der Waals surface area contributed by atoms with E-state index in [2.05, 4.69) is 64.9 Å². The van der Waals surface area contributed by atoms with Gasteiger partial charge in [0.2, 0.25) is 0 Å². The standard InChI is InChI=1S/C18H31N3/c1-12-9-15(12)11-21(7)17-16(10-19-18(4,5)6)13(2)8-14(3)20-17/h8,12,15,19H,9-11H2,1-7H3. The average molecular weight is 289 g/mol. The number of nitrogens with zero attached hydrogens (tertiary/aromatic N) is 2. The highest BCUT2D eigenvalue weighted by Crippen LogP contribution is 2.39. The minimum absolute atomic E-state index is 0.123. The predicted molar refractivity (Wildman–Crippen MR) is 90.8 cm³/mol. The Balaban J connectivity index is 2.20. The number of pyridine rings is 1. The quantitative estimate of drug-likeness (QED) is 0.896. The zero-order valence-corrected chi connectivity index (χ0v) is 14.7. The summed E-state index contributed by atoms with van der Waals surface area (Å²) in [4.78, 5) is 7.18. The number of hydrogen-bond acceptors (Lipinski definition) is 3. The predicted octanol–water partition coefficient (Wildman–Crippen LogP) is 3.68. The van der Waals surface area contributed by atoms with E-state index >= 15 is 0 Å². The molecule has 3 heteroatoms. The van der Waals surface area contributed by atoms with Gasteiger partial charge in [-0.1, -0.05) is 6.92 Å². The largest absolute Gasteiger partial charge is 0.359 e. The van der Waals surface area contributed by atoms with Crippen molar-refractivity contribution < 1.29 is 0 Å². The first-order valence-electron chi connectivity index (χ1n) is 8.10. The van der Waals surface area contributed by atoms with Crippen LogP contribution < -0.4 is 10.2 Å². The first-order valence-corrected chi connectivity index (χ1v) is 8.10. The smallest absolute Gasteiger partial charge is 0.133 e. The fourth-order valence-corrected chi connectivity index (χ4v) is 2.82. The molecule has 1 saturated carbocycles. The summed E-state index contributed by atoms with van der Waals surface area (Å²) >= 11 is 0. The van der Waals surface area contributed by atoms with Crippen LogP contribution in [0, 0.1) is 25.7 Å². The Hall–Kier alpha value is -1.09. The fraction of sp³-hybridized carbons (Fsp3) is 0.722. The third kappa shape index (κ3) is 4.44. The summed E-state index contributed by atoms with van der Waals surface area (Å²) in [6, 6.07) is 2.19. The molecule has 118 valence electrons. The number of hydrogen-bond donors (Lipinski definition) is 1. The molecule has 0 radical (unpaired) electrons. The van der Waals surface area contributed by atoms with Crippen molar-refractivity contribution in [3.8, 4) is 0 Å². The Morgan fingerprint density at radius 3 is 2.48 bits per heavy atom. The molecule has 1 fully saturated rings. The average Bonchev–Trinajstić information content (AvgIpc) is 3.01. The Bertz CT molecular complexity index is 502. The molecule has 0 spiro atoms. The second-order valence-corrected chi connectivity index (χ2v) is 7.84. The topological polar surface area (TPSA) is 28.2 Å². The second-order valence-electron chi connectivity index (χ2n) is 7.84. The van der Waals surface area contributed by atoms with E-state index in [1.807, 2.05) is 0 Å². The van der Waals surface area contributed by atoms with Crippen LogP contribution in [0.1, 0.15) is 50.9 Å². The molecule has 2 unspecified atom stereocenters. The number of nitrogens with one attached hydrogen (secondary N) is 1. The molecule has 2 rings (SSSR count). The lowest BCUT2D eigenvalue weighted by molar-refractivity contribution is 0.423. The van der Waals surface area contributed by atoms with Crippen LogP contribution in [0.25, 0.3) is 0 Å². The van der Waals surface area contributed by atoms with Gasteiger partial charge in [-0.05, 0) is 64.5 Å². The van der Waals surface area contributed by atoms with Crippen molar-refractivity contribution in [2.45, 2.75) is 60.0 Å². The summed E-state index contributed by atoms with van der Waals surface area (Å²) in [7, 11) is 2.19. The summed E-state index contributed by atoms with van der Waals surface area (Å²) in [5.41, 5.74) is 3.91. The molecule has 1 heterocycles. The highest BCUT2D eigenvalue weighted by atomic mass is 15.2. The first kappa shape index (κ1) is 16.3. The molecule has 1 aliphatic rings. The van der Waals surface area contributed by atoms with Crippen molar-refractivity contribution in [3.05, 3.63) is 22.9 Å². The van der Waals surface area contributed by atoms with E-state index in [9.17, 15) is 0 Å². The molecule has 0 bridgehead atoms. The highest BCUT2D eigenvalue weighted by molar-refractivity contribution is 5.51. The lowest BCUT2D eigenvalue weighted by Gasteiger charge is -2.26. The second kappa shape index (κ2) is 5.96. The van der Waals surface area contributed by atoms with Crippen molar-refractivity contribution >= 4 is 5.82 Å². The third-order valence-electron chi connectivity index (χ3n) is 4.40. The van der Waals surface area contributed by atoms with Crippen LogP contribution in [0.4, 0.5) is 5.82 Å². The Morgan fingerprint density at radius 1 is 1.33 bits per heavy atom. The third-order valence-corrected chi connectivity index (χ3v) is 4.40. The summed E-state index contributed by atoms with van der Waals surface area (Å²) in [5.74, 6) is 2.89. The number of rotatable bonds is 5. The van der Waals surface area contributed by atoms with E-state index in [-0.39, 0.29) is 5.54 Å². The van der Waals surface area contributed by atoms with E-state index in [0.29, 0.717) is 0 Å². The molecule has 1 aromatic rings. The van der Waals surface area contributed by atoms with Gasteiger partial charge in [-0.15, -0.1) is 0 Å². The summed E-state index contributed by atoms with van der Waals surface area (Å²) in [6.45, 7) is 15.3. The van der Waals surface area contributed by atoms with Crippen molar-refractivity contribution in [2.24, 2.45) is 11.8 Å². The van der Waals surface area contributed by atoms with Gasteiger partial charge in [0.25, 0.3) is 0 Å². The molecule has 1 aromatic heterocycles. The van der Waals surface area contributed by atoms with Gasteiger partial charge in [0.1, 0.15) is 5.82 Å². The van der Waals surface area contributed by atoms with E-state index in [1.165, 1.54) is 17.5 Å². The molecule has 0 aliphatic heterocycles. The molecule has 1 aliphatic carbocycles. The van der Waals surface area contributed by atoms with Crippen LogP contribution in [-0.2, 0) is 6.54 Å². The van der Waals surface area contributed by atoms with Gasteiger partial charge in [0.05, 0.1) is 0 Å². The highest BCUT2D eigenvalue weighted by Gasteiger charge is 2.34. The number of aromatic nitrogens is 1. The molecule has 21 heavy (non-hydrogen) atoms. The summed E-state index contributed by atoms with van der Waals surface area (Å²) in [5, 5.41) is 3.60. The SMILES string of the molecule is Cc1cc(C)c(CNC(C)(C)C)c(N(C)CC2CC2C)n1. The lowest BCUT2D eigenvalue weighted by atomic mass is 10.1. The first-order chi connectivity index (χ1) is 9.67. The van der Waals surface area contributed by atoms with Crippen LogP contribution in [0.15, 0.2) is 6.07 Å². The van der Waals surface area contributed by atoms with E-state index in [4.69, 9.17) is 4.98 Å². The Kier molecular flexibility index (Phi) is 4.62. The maximum atomic E-state index is 4.83. The van der Waals surface area contributed by atoms with Crippen molar-refractivity contribution in [1.82, 2.24) is 10.3 Å². The van der Waals surface area contributed by atoms with E-state index in [0.717, 1.165) is 36.4 Å². The minimum Gasteiger partial charge on any atom is -0.359 e. The van der Waals surface area contributed by atoms with E-state index < -0.39 is 0 Å². The Morgan fingerprint density at radius 2 is 1.95 bits per heavy atom. The van der Waals surface area contributed by atoms with Crippen LogP contribution in [0.5, 0.6) is 0 Å². The van der Waals surface area contributed by atoms with Crippen LogP contribution >= 0.6 is 0 Å². The summed E-state index contributed by atoms with van der Waals surface area (Å²) in [6.07, 6.45) is 1.37. The maximum absolute atomic E-state index is 4.83. The van der Waals surface area contributed by atoms with Gasteiger partial charge in [-0.25, -0.2) is 4.98 Å². The van der Waals surface area contributed by atoms with Gasteiger partial charge in [-0.2, -0.15) is 0 Å². The van der Waals surface area contributed by atoms with Crippen molar-refractivity contribution in [2.75, 3.05) is 18.5 Å². The number of aryl methyl sites for hydroxylation is 2. The lowest BCUT2D eigenvalue weighted by Crippen LogP contribution is -2.36. The molecule has 2 atom stereocenters. The molecule has 1 N–H and O–H groups in total. The van der Waals surface area contributed by atoms with Crippen molar-refractivity contribution in [3.63, 3.8) is 0 Å². The molecular formula is C18H31N3. The Labute approximate surface area is 130 Å². The van der Waals surface area contributed by atoms with Gasteiger partial charge >= 0.3 is 0 Å². The van der Waals surface area contributed by atoms with Crippen LogP contribution in [0.2, 0.25) is 0 Å². The molecular weight excluding hydrogens is 258 g/mol. The van der Waals surface area contributed by atoms with Gasteiger partial charge in [0.15, 0.2) is 0 Å². The number of anilines is 1. The van der Waals surface area contributed by atoms with Crippen molar-refractivity contribution in [1.29, 1.82) is 0 Å². The van der Waals surface area contributed by atoms with Crippen LogP contribution in [0.3, 0.4) is 0 Å². The zero-order valence-electron chi connectivity index (χ0n) is 14.7. The monoisotopic (exact) mass is 289 g/mol. The maximum Gasteiger partial charge on any atom is 0.133 e. The van der Waals surface area contributed by atoms with Crippen LogP contribution in [-0.4, -0.2) is 24.1 Å². The van der Waals surface area contributed by atoms with Gasteiger partial charge < -0.3 is 10.2 Å². The van der Waals surface area contributed by atoms with Gasteiger partial charge in [0, 0.05) is 36.9 Å². The van der Waals surface area contributed by atoms with Gasteiger partial charge in [-0.3, -0.25) is 0 Å². The fourth-order valence-electron chi connectivity index (χ4n) is 2.82. The molecule has 0 amide bonds. The molecule has 0 saturated heterocycles. The molecule has 3 nitrogen and oxygen atoms in total.